The Morgan fingerprint density at radius 3 is 2.64 bits per heavy atom. The highest BCUT2D eigenvalue weighted by molar-refractivity contribution is 5.97. The van der Waals surface area contributed by atoms with Crippen LogP contribution >= 0.6 is 0 Å². The van der Waals surface area contributed by atoms with E-state index in [0.717, 1.165) is 22.2 Å². The van der Waals surface area contributed by atoms with Crippen LogP contribution in [-0.2, 0) is 16.0 Å². The van der Waals surface area contributed by atoms with Crippen molar-refractivity contribution in [1.82, 2.24) is 4.98 Å². The molecule has 0 atom stereocenters. The second kappa shape index (κ2) is 6.76. The quantitative estimate of drug-likeness (QED) is 0.677. The van der Waals surface area contributed by atoms with Crippen molar-refractivity contribution in [2.24, 2.45) is 0 Å². The van der Waals surface area contributed by atoms with Gasteiger partial charge in [-0.3, -0.25) is 9.59 Å². The molecule has 0 aliphatic rings. The second-order valence-electron chi connectivity index (χ2n) is 5.87. The van der Waals surface area contributed by atoms with Crippen molar-refractivity contribution < 1.29 is 14.0 Å². The SMILES string of the molecule is CC(=O)Nc1cc(NC(=O)Cc2c(C)[nH]c3ccccc23)ccc1F. The average molecular weight is 339 g/mol. The highest BCUT2D eigenvalue weighted by Crippen LogP contribution is 2.23. The minimum absolute atomic E-state index is 0.0357. The number of halogens is 1. The van der Waals surface area contributed by atoms with E-state index >= 15 is 0 Å². The Hall–Kier alpha value is -3.15. The number of rotatable bonds is 4. The number of amides is 2. The van der Waals surface area contributed by atoms with E-state index in [9.17, 15) is 14.0 Å². The van der Waals surface area contributed by atoms with Gasteiger partial charge in [0, 0.05) is 29.2 Å². The normalized spacial score (nSPS) is 10.7. The number of carbonyl (C=O) groups is 2. The Morgan fingerprint density at radius 2 is 1.88 bits per heavy atom. The molecular weight excluding hydrogens is 321 g/mol. The molecule has 0 aliphatic carbocycles. The molecule has 0 bridgehead atoms. The molecule has 0 saturated carbocycles. The minimum atomic E-state index is -0.555. The van der Waals surface area contributed by atoms with Crippen molar-refractivity contribution in [1.29, 1.82) is 0 Å². The number of nitrogens with one attached hydrogen (secondary N) is 3. The fourth-order valence-corrected chi connectivity index (χ4v) is 2.82. The zero-order valence-electron chi connectivity index (χ0n) is 13.9. The molecule has 25 heavy (non-hydrogen) atoms. The molecule has 6 heteroatoms. The number of aryl methyl sites for hydroxylation is 1. The van der Waals surface area contributed by atoms with Crippen molar-refractivity contribution >= 4 is 34.1 Å². The van der Waals surface area contributed by atoms with Crippen LogP contribution in [0.2, 0.25) is 0 Å². The zero-order valence-corrected chi connectivity index (χ0v) is 13.9. The number of carbonyl (C=O) groups excluding carboxylic acids is 2. The van der Waals surface area contributed by atoms with Crippen molar-refractivity contribution in [3.05, 3.63) is 59.5 Å². The van der Waals surface area contributed by atoms with Gasteiger partial charge in [0.15, 0.2) is 0 Å². The molecule has 3 aromatic rings. The van der Waals surface area contributed by atoms with Crippen molar-refractivity contribution in [2.45, 2.75) is 20.3 Å². The average Bonchev–Trinajstić information content (AvgIpc) is 2.86. The van der Waals surface area contributed by atoms with E-state index in [2.05, 4.69) is 15.6 Å². The maximum Gasteiger partial charge on any atom is 0.228 e. The summed E-state index contributed by atoms with van der Waals surface area (Å²) >= 11 is 0. The number of H-pyrrole nitrogens is 1. The van der Waals surface area contributed by atoms with Gasteiger partial charge < -0.3 is 15.6 Å². The molecule has 2 amide bonds. The van der Waals surface area contributed by atoms with Crippen LogP contribution in [0.4, 0.5) is 15.8 Å². The molecule has 1 heterocycles. The van der Waals surface area contributed by atoms with Gasteiger partial charge in [0.25, 0.3) is 0 Å². The van der Waals surface area contributed by atoms with E-state index in [1.807, 2.05) is 31.2 Å². The highest BCUT2D eigenvalue weighted by Gasteiger charge is 2.13. The fourth-order valence-electron chi connectivity index (χ4n) is 2.82. The summed E-state index contributed by atoms with van der Waals surface area (Å²) in [5, 5.41) is 6.15. The zero-order chi connectivity index (χ0) is 18.0. The Bertz CT molecular complexity index is 962. The molecule has 2 aromatic carbocycles. The maximum absolute atomic E-state index is 13.7. The molecule has 0 unspecified atom stereocenters. The van der Waals surface area contributed by atoms with E-state index < -0.39 is 5.82 Å². The van der Waals surface area contributed by atoms with Crippen LogP contribution in [-0.4, -0.2) is 16.8 Å². The summed E-state index contributed by atoms with van der Waals surface area (Å²) in [7, 11) is 0. The first-order chi connectivity index (χ1) is 11.9. The number of anilines is 2. The van der Waals surface area contributed by atoms with Crippen LogP contribution in [0.3, 0.4) is 0 Å². The Morgan fingerprint density at radius 1 is 1.12 bits per heavy atom. The molecule has 3 rings (SSSR count). The lowest BCUT2D eigenvalue weighted by Gasteiger charge is -2.09. The summed E-state index contributed by atoms with van der Waals surface area (Å²) in [6.07, 6.45) is 0.197. The summed E-state index contributed by atoms with van der Waals surface area (Å²) in [6.45, 7) is 3.22. The van der Waals surface area contributed by atoms with Crippen LogP contribution in [0.1, 0.15) is 18.2 Å². The van der Waals surface area contributed by atoms with Crippen LogP contribution < -0.4 is 10.6 Å². The van der Waals surface area contributed by atoms with Gasteiger partial charge in [-0.2, -0.15) is 0 Å². The van der Waals surface area contributed by atoms with E-state index in [1.165, 1.54) is 25.1 Å². The first-order valence-electron chi connectivity index (χ1n) is 7.87. The van der Waals surface area contributed by atoms with E-state index in [4.69, 9.17) is 0 Å². The van der Waals surface area contributed by atoms with Gasteiger partial charge in [-0.15, -0.1) is 0 Å². The lowest BCUT2D eigenvalue weighted by Crippen LogP contribution is -2.15. The molecule has 0 spiro atoms. The highest BCUT2D eigenvalue weighted by atomic mass is 19.1. The van der Waals surface area contributed by atoms with Crippen molar-refractivity contribution in [3.8, 4) is 0 Å². The predicted molar refractivity (Wildman–Crippen MR) is 96.1 cm³/mol. The number of aromatic nitrogens is 1. The minimum Gasteiger partial charge on any atom is -0.358 e. The molecular formula is C19H18FN3O2. The van der Waals surface area contributed by atoms with Crippen LogP contribution in [0.15, 0.2) is 42.5 Å². The van der Waals surface area contributed by atoms with Crippen LogP contribution in [0.25, 0.3) is 10.9 Å². The lowest BCUT2D eigenvalue weighted by molar-refractivity contribution is -0.115. The molecule has 1 aromatic heterocycles. The summed E-state index contributed by atoms with van der Waals surface area (Å²) in [4.78, 5) is 26.7. The molecule has 0 aliphatic heterocycles. The lowest BCUT2D eigenvalue weighted by atomic mass is 10.1. The van der Waals surface area contributed by atoms with Gasteiger partial charge in [0.1, 0.15) is 5.82 Å². The first-order valence-corrected chi connectivity index (χ1v) is 7.87. The number of hydrogen-bond donors (Lipinski definition) is 3. The van der Waals surface area contributed by atoms with Crippen molar-refractivity contribution in [2.75, 3.05) is 10.6 Å². The van der Waals surface area contributed by atoms with Gasteiger partial charge in [-0.1, -0.05) is 18.2 Å². The van der Waals surface area contributed by atoms with Gasteiger partial charge >= 0.3 is 0 Å². The molecule has 0 radical (unpaired) electrons. The number of benzene rings is 2. The monoisotopic (exact) mass is 339 g/mol. The second-order valence-corrected chi connectivity index (χ2v) is 5.87. The van der Waals surface area contributed by atoms with Gasteiger partial charge in [-0.25, -0.2) is 4.39 Å². The smallest absolute Gasteiger partial charge is 0.228 e. The summed E-state index contributed by atoms with van der Waals surface area (Å²) in [5.74, 6) is -1.15. The summed E-state index contributed by atoms with van der Waals surface area (Å²) in [5.41, 5.74) is 3.31. The standard InChI is InChI=1S/C19H18FN3O2/c1-11-15(14-5-3-4-6-17(14)21-11)10-19(25)23-13-7-8-16(20)18(9-13)22-12(2)24/h3-9,21H,10H2,1-2H3,(H,22,24)(H,23,25). The predicted octanol–water partition coefficient (Wildman–Crippen LogP) is 3.76. The third kappa shape index (κ3) is 3.68. The van der Waals surface area contributed by atoms with E-state index in [1.54, 1.807) is 0 Å². The molecule has 0 saturated heterocycles. The Balaban J connectivity index is 1.78. The summed E-state index contributed by atoms with van der Waals surface area (Å²) < 4.78 is 13.7. The van der Waals surface area contributed by atoms with E-state index in [0.29, 0.717) is 5.69 Å². The maximum atomic E-state index is 13.7. The van der Waals surface area contributed by atoms with Crippen LogP contribution in [0, 0.1) is 12.7 Å². The number of hydrogen-bond acceptors (Lipinski definition) is 2. The van der Waals surface area contributed by atoms with Gasteiger partial charge in [-0.05, 0) is 36.8 Å². The fraction of sp³-hybridized carbons (Fsp3) is 0.158. The van der Waals surface area contributed by atoms with Crippen molar-refractivity contribution in [3.63, 3.8) is 0 Å². The third-order valence-electron chi connectivity index (χ3n) is 3.93. The van der Waals surface area contributed by atoms with Gasteiger partial charge in [0.2, 0.25) is 11.8 Å². The Kier molecular flexibility index (Phi) is 4.52. The molecule has 0 fully saturated rings. The van der Waals surface area contributed by atoms with E-state index in [-0.39, 0.29) is 23.9 Å². The molecule has 3 N–H and O–H groups in total. The number of fused-ring (bicyclic) bond motifs is 1. The molecule has 128 valence electrons. The number of aromatic amines is 1. The summed E-state index contributed by atoms with van der Waals surface area (Å²) in [6, 6.07) is 11.9. The topological polar surface area (TPSA) is 74.0 Å². The third-order valence-corrected chi connectivity index (χ3v) is 3.93. The number of para-hydroxylation sites is 1. The first kappa shape index (κ1) is 16.7. The largest absolute Gasteiger partial charge is 0.358 e. The molecule has 5 nitrogen and oxygen atoms in total. The van der Waals surface area contributed by atoms with Crippen LogP contribution in [0.5, 0.6) is 0 Å². The Labute approximate surface area is 144 Å². The van der Waals surface area contributed by atoms with Gasteiger partial charge in [0.05, 0.1) is 12.1 Å².